The molecule has 1 fully saturated rings. The Kier molecular flexibility index (Phi) is 2.89. The zero-order valence-electron chi connectivity index (χ0n) is 9.26. The molecule has 2 heterocycles. The number of nitrogens with two attached hydrogens (primary N) is 1. The van der Waals surface area contributed by atoms with Gasteiger partial charge in [0.1, 0.15) is 11.6 Å². The molecule has 0 aliphatic carbocycles. The maximum Gasteiger partial charge on any atom is 0.241 e. The number of rotatable bonds is 1. The fourth-order valence-corrected chi connectivity index (χ4v) is 1.70. The van der Waals surface area contributed by atoms with Crippen LogP contribution in [0.3, 0.4) is 0 Å². The van der Waals surface area contributed by atoms with Crippen LogP contribution in [0.15, 0.2) is 12.4 Å². The highest BCUT2D eigenvalue weighted by molar-refractivity contribution is 5.81. The van der Waals surface area contributed by atoms with Gasteiger partial charge in [0.05, 0.1) is 18.9 Å². The number of hydrogen-bond acceptors (Lipinski definition) is 5. The van der Waals surface area contributed by atoms with Crippen molar-refractivity contribution in [2.45, 2.75) is 6.42 Å². The van der Waals surface area contributed by atoms with Crippen molar-refractivity contribution in [2.75, 3.05) is 37.3 Å². The number of anilines is 2. The number of carbonyl (C=O) groups is 1. The number of aromatic nitrogens is 2. The summed E-state index contributed by atoms with van der Waals surface area (Å²) in [5, 5.41) is 0. The van der Waals surface area contributed by atoms with Gasteiger partial charge >= 0.3 is 0 Å². The van der Waals surface area contributed by atoms with Gasteiger partial charge in [-0.2, -0.15) is 0 Å². The SMILES string of the molecule is CN1CCCN(c2cncc(N)n2)CC1=O. The van der Waals surface area contributed by atoms with Crippen molar-refractivity contribution < 1.29 is 4.79 Å². The van der Waals surface area contributed by atoms with Gasteiger partial charge in [-0.15, -0.1) is 0 Å². The van der Waals surface area contributed by atoms with Crippen molar-refractivity contribution in [2.24, 2.45) is 0 Å². The second kappa shape index (κ2) is 4.34. The molecule has 1 aliphatic rings. The predicted molar refractivity (Wildman–Crippen MR) is 60.9 cm³/mol. The van der Waals surface area contributed by atoms with E-state index in [4.69, 9.17) is 5.73 Å². The topological polar surface area (TPSA) is 75.3 Å². The van der Waals surface area contributed by atoms with Gasteiger partial charge in [0.25, 0.3) is 0 Å². The summed E-state index contributed by atoms with van der Waals surface area (Å²) in [5.74, 6) is 1.15. The van der Waals surface area contributed by atoms with Crippen molar-refractivity contribution >= 4 is 17.5 Å². The van der Waals surface area contributed by atoms with Crippen molar-refractivity contribution in [1.29, 1.82) is 0 Å². The molecule has 2 N–H and O–H groups in total. The van der Waals surface area contributed by atoms with Crippen molar-refractivity contribution in [3.63, 3.8) is 0 Å². The quantitative estimate of drug-likeness (QED) is 0.706. The third kappa shape index (κ3) is 2.21. The Labute approximate surface area is 94.1 Å². The number of hydrogen-bond donors (Lipinski definition) is 1. The van der Waals surface area contributed by atoms with Gasteiger partial charge in [-0.3, -0.25) is 9.78 Å². The monoisotopic (exact) mass is 221 g/mol. The van der Waals surface area contributed by atoms with E-state index < -0.39 is 0 Å². The zero-order chi connectivity index (χ0) is 11.5. The maximum absolute atomic E-state index is 11.7. The van der Waals surface area contributed by atoms with Gasteiger partial charge in [0.2, 0.25) is 5.91 Å². The fourth-order valence-electron chi connectivity index (χ4n) is 1.70. The number of nitrogen functional groups attached to an aromatic ring is 1. The first-order chi connectivity index (χ1) is 7.66. The average Bonchev–Trinajstić information content (AvgIpc) is 2.42. The van der Waals surface area contributed by atoms with Crippen molar-refractivity contribution in [1.82, 2.24) is 14.9 Å². The summed E-state index contributed by atoms with van der Waals surface area (Å²) in [6.45, 7) is 1.92. The smallest absolute Gasteiger partial charge is 0.241 e. The van der Waals surface area contributed by atoms with Crippen LogP contribution in [0.2, 0.25) is 0 Å². The normalized spacial score (nSPS) is 17.4. The fraction of sp³-hybridized carbons (Fsp3) is 0.500. The maximum atomic E-state index is 11.7. The molecule has 6 nitrogen and oxygen atoms in total. The van der Waals surface area contributed by atoms with Crippen LogP contribution in [0.4, 0.5) is 11.6 Å². The summed E-state index contributed by atoms with van der Waals surface area (Å²) in [6.07, 6.45) is 4.06. The number of likely N-dealkylation sites (N-methyl/N-ethyl adjacent to an activating group) is 1. The molecular weight excluding hydrogens is 206 g/mol. The van der Waals surface area contributed by atoms with Crippen LogP contribution in [0, 0.1) is 0 Å². The van der Waals surface area contributed by atoms with Gasteiger partial charge < -0.3 is 15.5 Å². The van der Waals surface area contributed by atoms with Gasteiger partial charge in [-0.25, -0.2) is 4.98 Å². The van der Waals surface area contributed by atoms with Crippen LogP contribution in [-0.2, 0) is 4.79 Å². The second-order valence-electron chi connectivity index (χ2n) is 3.89. The van der Waals surface area contributed by atoms with E-state index in [1.165, 1.54) is 6.20 Å². The van der Waals surface area contributed by atoms with E-state index in [2.05, 4.69) is 9.97 Å². The summed E-state index contributed by atoms with van der Waals surface area (Å²) in [7, 11) is 1.82. The first-order valence-electron chi connectivity index (χ1n) is 5.23. The third-order valence-electron chi connectivity index (χ3n) is 2.64. The van der Waals surface area contributed by atoms with E-state index in [0.717, 1.165) is 19.5 Å². The lowest BCUT2D eigenvalue weighted by Crippen LogP contribution is -2.34. The molecule has 0 radical (unpaired) electrons. The molecule has 1 saturated heterocycles. The Balaban J connectivity index is 2.18. The van der Waals surface area contributed by atoms with E-state index in [1.54, 1.807) is 11.1 Å². The molecule has 1 amide bonds. The van der Waals surface area contributed by atoms with Crippen LogP contribution in [0.5, 0.6) is 0 Å². The van der Waals surface area contributed by atoms with Crippen LogP contribution < -0.4 is 10.6 Å². The standard InChI is InChI=1S/C10H15N5O/c1-14-3-2-4-15(7-10(14)16)9-6-12-5-8(11)13-9/h5-6H,2-4,7H2,1H3,(H2,11,13). The largest absolute Gasteiger partial charge is 0.382 e. The first-order valence-corrected chi connectivity index (χ1v) is 5.23. The molecule has 16 heavy (non-hydrogen) atoms. The molecule has 1 aromatic rings. The Hall–Kier alpha value is -1.85. The molecule has 1 aromatic heterocycles. The summed E-state index contributed by atoms with van der Waals surface area (Å²) in [6, 6.07) is 0. The Morgan fingerprint density at radius 3 is 2.94 bits per heavy atom. The van der Waals surface area contributed by atoms with Crippen LogP contribution >= 0.6 is 0 Å². The molecule has 0 aromatic carbocycles. The van der Waals surface area contributed by atoms with Crippen LogP contribution in [0.25, 0.3) is 0 Å². The third-order valence-corrected chi connectivity index (χ3v) is 2.64. The molecule has 0 unspecified atom stereocenters. The molecule has 2 rings (SSSR count). The molecule has 0 saturated carbocycles. The Bertz CT molecular complexity index is 395. The lowest BCUT2D eigenvalue weighted by atomic mass is 10.4. The highest BCUT2D eigenvalue weighted by Gasteiger charge is 2.19. The van der Waals surface area contributed by atoms with Crippen molar-refractivity contribution in [3.05, 3.63) is 12.4 Å². The van der Waals surface area contributed by atoms with Crippen LogP contribution in [0.1, 0.15) is 6.42 Å². The lowest BCUT2D eigenvalue weighted by molar-refractivity contribution is -0.127. The minimum Gasteiger partial charge on any atom is -0.382 e. The van der Waals surface area contributed by atoms with E-state index in [0.29, 0.717) is 18.2 Å². The summed E-state index contributed by atoms with van der Waals surface area (Å²) < 4.78 is 0. The highest BCUT2D eigenvalue weighted by atomic mass is 16.2. The minimum atomic E-state index is 0.0988. The molecular formula is C10H15N5O. The van der Waals surface area contributed by atoms with Gasteiger partial charge in [-0.1, -0.05) is 0 Å². The number of nitrogens with zero attached hydrogens (tertiary/aromatic N) is 4. The van der Waals surface area contributed by atoms with E-state index in [1.807, 2.05) is 11.9 Å². The van der Waals surface area contributed by atoms with Crippen molar-refractivity contribution in [3.8, 4) is 0 Å². The van der Waals surface area contributed by atoms with E-state index in [9.17, 15) is 4.79 Å². The predicted octanol–water partition coefficient (Wildman–Crippen LogP) is -0.273. The Morgan fingerprint density at radius 1 is 1.38 bits per heavy atom. The summed E-state index contributed by atoms with van der Waals surface area (Å²) in [5.41, 5.74) is 5.57. The lowest BCUT2D eigenvalue weighted by Gasteiger charge is -2.20. The van der Waals surface area contributed by atoms with Gasteiger partial charge in [0.15, 0.2) is 0 Å². The van der Waals surface area contributed by atoms with Gasteiger partial charge in [-0.05, 0) is 6.42 Å². The number of carbonyl (C=O) groups excluding carboxylic acids is 1. The van der Waals surface area contributed by atoms with Gasteiger partial charge in [0, 0.05) is 20.1 Å². The molecule has 6 heteroatoms. The zero-order valence-corrected chi connectivity index (χ0v) is 9.26. The van der Waals surface area contributed by atoms with E-state index >= 15 is 0 Å². The molecule has 0 spiro atoms. The first kappa shape index (κ1) is 10.7. The Morgan fingerprint density at radius 2 is 2.19 bits per heavy atom. The minimum absolute atomic E-state index is 0.0988. The second-order valence-corrected chi connectivity index (χ2v) is 3.89. The summed E-state index contributed by atoms with van der Waals surface area (Å²) in [4.78, 5) is 23.5. The molecule has 86 valence electrons. The van der Waals surface area contributed by atoms with Crippen LogP contribution in [-0.4, -0.2) is 47.5 Å². The number of amides is 1. The summed E-state index contributed by atoms with van der Waals surface area (Å²) >= 11 is 0. The molecule has 0 bridgehead atoms. The highest BCUT2D eigenvalue weighted by Crippen LogP contribution is 2.13. The average molecular weight is 221 g/mol. The molecule has 1 aliphatic heterocycles. The molecule has 0 atom stereocenters. The van der Waals surface area contributed by atoms with E-state index in [-0.39, 0.29) is 5.91 Å².